The highest BCUT2D eigenvalue weighted by molar-refractivity contribution is 9.10. The van der Waals surface area contributed by atoms with Gasteiger partial charge in [0.1, 0.15) is 0 Å². The molecule has 0 radical (unpaired) electrons. The van der Waals surface area contributed by atoms with Gasteiger partial charge in [-0.1, -0.05) is 11.6 Å². The number of fused-ring (bicyclic) bond motifs is 1. The van der Waals surface area contributed by atoms with Crippen molar-refractivity contribution >= 4 is 38.4 Å². The zero-order chi connectivity index (χ0) is 10.3. The van der Waals surface area contributed by atoms with Gasteiger partial charge in [0.2, 0.25) is 0 Å². The minimum atomic E-state index is -0.931. The fourth-order valence-corrected chi connectivity index (χ4v) is 1.65. The van der Waals surface area contributed by atoms with Crippen molar-refractivity contribution in [2.75, 3.05) is 0 Å². The summed E-state index contributed by atoms with van der Waals surface area (Å²) in [7, 11) is 0. The van der Waals surface area contributed by atoms with E-state index >= 15 is 0 Å². The van der Waals surface area contributed by atoms with Gasteiger partial charge in [-0.2, -0.15) is 0 Å². The lowest BCUT2D eigenvalue weighted by Gasteiger charge is -2.02. The first-order chi connectivity index (χ1) is 6.59. The smallest absolute Gasteiger partial charge is 0.161 e. The van der Waals surface area contributed by atoms with Gasteiger partial charge in [0.25, 0.3) is 0 Å². The van der Waals surface area contributed by atoms with Gasteiger partial charge >= 0.3 is 0 Å². The largest absolute Gasteiger partial charge is 0.255 e. The molecule has 0 aliphatic rings. The van der Waals surface area contributed by atoms with Gasteiger partial charge < -0.3 is 0 Å². The molecule has 72 valence electrons. The van der Waals surface area contributed by atoms with E-state index in [-0.39, 0.29) is 0 Å². The van der Waals surface area contributed by atoms with Crippen LogP contribution in [0.15, 0.2) is 22.8 Å². The highest BCUT2D eigenvalue weighted by atomic mass is 79.9. The molecule has 0 unspecified atom stereocenters. The summed E-state index contributed by atoms with van der Waals surface area (Å²) in [6, 6.07) is 2.05. The van der Waals surface area contributed by atoms with Crippen molar-refractivity contribution in [2.45, 2.75) is 0 Å². The molecule has 0 aliphatic heterocycles. The van der Waals surface area contributed by atoms with Gasteiger partial charge in [0.05, 0.1) is 15.0 Å². The second-order valence-electron chi connectivity index (χ2n) is 2.70. The molecule has 0 saturated heterocycles. The number of pyridine rings is 1. The second kappa shape index (κ2) is 3.44. The molecule has 0 amide bonds. The summed E-state index contributed by atoms with van der Waals surface area (Å²) >= 11 is 9.02. The van der Waals surface area contributed by atoms with Gasteiger partial charge in [-0.25, -0.2) is 8.78 Å². The Bertz CT molecular complexity index is 516. The topological polar surface area (TPSA) is 12.9 Å². The second-order valence-corrected chi connectivity index (χ2v) is 3.94. The normalized spacial score (nSPS) is 10.9. The summed E-state index contributed by atoms with van der Waals surface area (Å²) in [5.74, 6) is -1.86. The van der Waals surface area contributed by atoms with Crippen LogP contribution in [-0.4, -0.2) is 4.98 Å². The molecule has 1 aromatic carbocycles. The van der Waals surface area contributed by atoms with Crippen molar-refractivity contribution in [2.24, 2.45) is 0 Å². The Morgan fingerprint density at radius 2 is 1.86 bits per heavy atom. The van der Waals surface area contributed by atoms with Crippen LogP contribution < -0.4 is 0 Å². The van der Waals surface area contributed by atoms with E-state index < -0.39 is 11.6 Å². The van der Waals surface area contributed by atoms with Crippen LogP contribution in [0.25, 0.3) is 10.9 Å². The van der Waals surface area contributed by atoms with Crippen LogP contribution in [0.3, 0.4) is 0 Å². The monoisotopic (exact) mass is 277 g/mol. The molecule has 0 saturated carbocycles. The summed E-state index contributed by atoms with van der Waals surface area (Å²) in [6.45, 7) is 0. The highest BCUT2D eigenvalue weighted by Gasteiger charge is 2.09. The van der Waals surface area contributed by atoms with E-state index in [0.29, 0.717) is 20.4 Å². The summed E-state index contributed by atoms with van der Waals surface area (Å²) < 4.78 is 26.2. The number of hydrogen-bond donors (Lipinski definition) is 0. The minimum absolute atomic E-state index is 0.328. The minimum Gasteiger partial charge on any atom is -0.255 e. The molecule has 5 heteroatoms. The molecular weight excluding hydrogens is 275 g/mol. The Morgan fingerprint density at radius 1 is 1.21 bits per heavy atom. The van der Waals surface area contributed by atoms with Crippen molar-refractivity contribution in [3.63, 3.8) is 0 Å². The first-order valence-electron chi connectivity index (χ1n) is 3.68. The van der Waals surface area contributed by atoms with Crippen LogP contribution >= 0.6 is 27.5 Å². The summed E-state index contributed by atoms with van der Waals surface area (Å²) in [5, 5.41) is 0.717. The van der Waals surface area contributed by atoms with E-state index in [1.807, 2.05) is 0 Å². The lowest BCUT2D eigenvalue weighted by molar-refractivity contribution is 0.510. The first-order valence-corrected chi connectivity index (χ1v) is 4.85. The molecule has 0 N–H and O–H groups in total. The van der Waals surface area contributed by atoms with Crippen LogP contribution in [0.2, 0.25) is 5.02 Å². The van der Waals surface area contributed by atoms with Gasteiger partial charge in [0, 0.05) is 17.6 Å². The third kappa shape index (κ3) is 1.48. The number of rotatable bonds is 0. The van der Waals surface area contributed by atoms with E-state index in [1.54, 1.807) is 0 Å². The highest BCUT2D eigenvalue weighted by Crippen LogP contribution is 2.30. The maximum atomic E-state index is 12.9. The zero-order valence-corrected chi connectivity index (χ0v) is 9.03. The SMILES string of the molecule is Fc1cc2ncc(Br)c(Cl)c2cc1F. The Kier molecular flexibility index (Phi) is 2.41. The molecule has 1 aromatic heterocycles. The van der Waals surface area contributed by atoms with Crippen LogP contribution in [0, 0.1) is 11.6 Å². The lowest BCUT2D eigenvalue weighted by Crippen LogP contribution is -1.87. The molecule has 1 heterocycles. The zero-order valence-electron chi connectivity index (χ0n) is 6.69. The van der Waals surface area contributed by atoms with Crippen molar-refractivity contribution < 1.29 is 8.78 Å². The molecule has 14 heavy (non-hydrogen) atoms. The maximum Gasteiger partial charge on any atom is 0.161 e. The predicted octanol–water partition coefficient (Wildman–Crippen LogP) is 3.93. The Labute approximate surface area is 91.8 Å². The van der Waals surface area contributed by atoms with Crippen LogP contribution in [0.4, 0.5) is 8.78 Å². The third-order valence-corrected chi connectivity index (χ3v) is 3.04. The van der Waals surface area contributed by atoms with E-state index in [4.69, 9.17) is 11.6 Å². The van der Waals surface area contributed by atoms with E-state index in [0.717, 1.165) is 12.1 Å². The van der Waals surface area contributed by atoms with Crippen LogP contribution in [-0.2, 0) is 0 Å². The van der Waals surface area contributed by atoms with Crippen molar-refractivity contribution in [3.8, 4) is 0 Å². The third-order valence-electron chi connectivity index (χ3n) is 1.80. The number of halogens is 4. The molecule has 0 aliphatic carbocycles. The Morgan fingerprint density at radius 3 is 2.57 bits per heavy atom. The summed E-state index contributed by atoms with van der Waals surface area (Å²) in [4.78, 5) is 3.91. The number of hydrogen-bond acceptors (Lipinski definition) is 1. The average molecular weight is 278 g/mol. The molecular formula is C9H3BrClF2N. The number of benzene rings is 1. The standard InChI is InChI=1S/C9H3BrClF2N/c10-5-3-14-8-2-7(13)6(12)1-4(8)9(5)11/h1-3H. The van der Waals surface area contributed by atoms with Crippen molar-refractivity contribution in [1.82, 2.24) is 4.98 Å². The Balaban J connectivity index is 2.89. The molecule has 0 fully saturated rings. The van der Waals surface area contributed by atoms with Crippen molar-refractivity contribution in [3.05, 3.63) is 39.5 Å². The van der Waals surface area contributed by atoms with Gasteiger partial charge in [-0.15, -0.1) is 0 Å². The quantitative estimate of drug-likeness (QED) is 0.711. The van der Waals surface area contributed by atoms with E-state index in [1.165, 1.54) is 6.20 Å². The average Bonchev–Trinajstić information content (AvgIpc) is 2.15. The fourth-order valence-electron chi connectivity index (χ4n) is 1.13. The van der Waals surface area contributed by atoms with Crippen LogP contribution in [0.5, 0.6) is 0 Å². The molecule has 0 atom stereocenters. The van der Waals surface area contributed by atoms with Gasteiger partial charge in [0.15, 0.2) is 11.6 Å². The molecule has 2 rings (SSSR count). The van der Waals surface area contributed by atoms with Crippen LogP contribution in [0.1, 0.15) is 0 Å². The first kappa shape index (κ1) is 9.80. The van der Waals surface area contributed by atoms with E-state index in [2.05, 4.69) is 20.9 Å². The van der Waals surface area contributed by atoms with E-state index in [9.17, 15) is 8.78 Å². The van der Waals surface area contributed by atoms with Gasteiger partial charge in [-0.3, -0.25) is 4.98 Å². The molecule has 2 aromatic rings. The maximum absolute atomic E-state index is 12.9. The summed E-state index contributed by atoms with van der Waals surface area (Å²) in [5.41, 5.74) is 0.331. The number of aromatic nitrogens is 1. The van der Waals surface area contributed by atoms with Gasteiger partial charge in [-0.05, 0) is 22.0 Å². The molecule has 0 bridgehead atoms. The van der Waals surface area contributed by atoms with Crippen molar-refractivity contribution in [1.29, 1.82) is 0 Å². The molecule has 1 nitrogen and oxygen atoms in total. The summed E-state index contributed by atoms with van der Waals surface area (Å²) in [6.07, 6.45) is 1.45. The fraction of sp³-hybridized carbons (Fsp3) is 0. The predicted molar refractivity (Wildman–Crippen MR) is 54.4 cm³/mol. The Hall–Kier alpha value is -0.740. The lowest BCUT2D eigenvalue weighted by atomic mass is 10.2. The number of nitrogens with zero attached hydrogens (tertiary/aromatic N) is 1. The molecule has 0 spiro atoms.